The van der Waals surface area contributed by atoms with Crippen molar-refractivity contribution in [3.8, 4) is 11.1 Å². The van der Waals surface area contributed by atoms with Crippen LogP contribution in [-0.2, 0) is 11.3 Å². The van der Waals surface area contributed by atoms with Crippen molar-refractivity contribution in [1.82, 2.24) is 5.32 Å². The second kappa shape index (κ2) is 5.80. The normalized spacial score (nSPS) is 12.3. The van der Waals surface area contributed by atoms with Crippen LogP contribution >= 0.6 is 11.3 Å². The second-order valence-corrected chi connectivity index (χ2v) is 5.10. The number of hydrogen-bond acceptors (Lipinski definition) is 3. The summed E-state index contributed by atoms with van der Waals surface area (Å²) < 4.78 is 0. The van der Waals surface area contributed by atoms with Crippen LogP contribution in [0.25, 0.3) is 11.1 Å². The predicted molar refractivity (Wildman–Crippen MR) is 73.7 cm³/mol. The van der Waals surface area contributed by atoms with Crippen molar-refractivity contribution >= 4 is 17.3 Å². The molecule has 2 rings (SSSR count). The molecule has 0 fully saturated rings. The molecule has 1 atom stereocenters. The van der Waals surface area contributed by atoms with Gasteiger partial charge in [0.25, 0.3) is 0 Å². The summed E-state index contributed by atoms with van der Waals surface area (Å²) in [6.45, 7) is 2.24. The van der Waals surface area contributed by atoms with E-state index >= 15 is 0 Å². The Balaban J connectivity index is 2.01. The molecule has 94 valence electrons. The molecular weight excluding hydrogens is 246 g/mol. The number of nitrogens with one attached hydrogen (secondary N) is 1. The van der Waals surface area contributed by atoms with Gasteiger partial charge in [0.2, 0.25) is 0 Å². The van der Waals surface area contributed by atoms with Crippen LogP contribution in [0.5, 0.6) is 0 Å². The number of carboxylic acids is 1. The van der Waals surface area contributed by atoms with E-state index < -0.39 is 12.0 Å². The number of hydrogen-bond donors (Lipinski definition) is 2. The Hall–Kier alpha value is -1.65. The highest BCUT2D eigenvalue weighted by molar-refractivity contribution is 7.10. The summed E-state index contributed by atoms with van der Waals surface area (Å²) in [7, 11) is 0. The number of carboxylic acid groups (broad SMARTS) is 1. The van der Waals surface area contributed by atoms with E-state index in [0.29, 0.717) is 6.54 Å². The lowest BCUT2D eigenvalue weighted by Gasteiger charge is -2.06. The first-order valence-corrected chi connectivity index (χ1v) is 6.64. The third kappa shape index (κ3) is 3.18. The number of rotatable bonds is 5. The zero-order chi connectivity index (χ0) is 13.0. The zero-order valence-corrected chi connectivity index (χ0v) is 10.9. The van der Waals surface area contributed by atoms with Gasteiger partial charge in [0, 0.05) is 11.4 Å². The number of aliphatic carboxylic acids is 1. The molecule has 0 radical (unpaired) electrons. The average Bonchev–Trinajstić information content (AvgIpc) is 2.85. The summed E-state index contributed by atoms with van der Waals surface area (Å²) in [4.78, 5) is 11.8. The van der Waals surface area contributed by atoms with Gasteiger partial charge < -0.3 is 5.11 Å². The Kier molecular flexibility index (Phi) is 4.12. The molecule has 0 bridgehead atoms. The molecule has 1 aromatic carbocycles. The highest BCUT2D eigenvalue weighted by Crippen LogP contribution is 2.25. The second-order valence-electron chi connectivity index (χ2n) is 4.11. The minimum Gasteiger partial charge on any atom is -0.480 e. The van der Waals surface area contributed by atoms with Gasteiger partial charge in [-0.15, -0.1) is 11.3 Å². The van der Waals surface area contributed by atoms with E-state index in [-0.39, 0.29) is 0 Å². The van der Waals surface area contributed by atoms with E-state index in [1.165, 1.54) is 11.1 Å². The Morgan fingerprint density at radius 1 is 1.33 bits per heavy atom. The van der Waals surface area contributed by atoms with E-state index in [0.717, 1.165) is 4.88 Å². The van der Waals surface area contributed by atoms with Crippen molar-refractivity contribution in [2.24, 2.45) is 0 Å². The fourth-order valence-corrected chi connectivity index (χ4v) is 2.44. The van der Waals surface area contributed by atoms with Gasteiger partial charge in [-0.1, -0.05) is 30.3 Å². The average molecular weight is 261 g/mol. The quantitative estimate of drug-likeness (QED) is 0.870. The van der Waals surface area contributed by atoms with E-state index in [1.807, 2.05) is 18.2 Å². The lowest BCUT2D eigenvalue weighted by molar-refractivity contribution is -0.139. The minimum absolute atomic E-state index is 0.521. The van der Waals surface area contributed by atoms with Gasteiger partial charge in [-0.05, 0) is 29.5 Å². The Morgan fingerprint density at radius 2 is 2.06 bits per heavy atom. The topological polar surface area (TPSA) is 49.3 Å². The van der Waals surface area contributed by atoms with E-state index in [9.17, 15) is 4.79 Å². The minimum atomic E-state index is -0.824. The molecule has 1 aromatic heterocycles. The van der Waals surface area contributed by atoms with Crippen LogP contribution in [0.4, 0.5) is 0 Å². The fourth-order valence-electron chi connectivity index (χ4n) is 1.60. The predicted octanol–water partition coefficient (Wildman–Crippen LogP) is 2.98. The first kappa shape index (κ1) is 12.8. The number of benzene rings is 1. The highest BCUT2D eigenvalue weighted by Gasteiger charge is 2.10. The molecule has 3 nitrogen and oxygen atoms in total. The lowest BCUT2D eigenvalue weighted by atomic mass is 10.1. The maximum atomic E-state index is 10.7. The Bertz CT molecular complexity index is 522. The van der Waals surface area contributed by atoms with Crippen LogP contribution in [0.2, 0.25) is 0 Å². The van der Waals surface area contributed by atoms with Crippen LogP contribution in [-0.4, -0.2) is 17.1 Å². The van der Waals surface area contributed by atoms with Crippen LogP contribution < -0.4 is 5.32 Å². The van der Waals surface area contributed by atoms with Crippen molar-refractivity contribution in [2.45, 2.75) is 19.5 Å². The summed E-state index contributed by atoms with van der Waals surface area (Å²) in [5, 5.41) is 13.9. The lowest BCUT2D eigenvalue weighted by Crippen LogP contribution is -2.32. The van der Waals surface area contributed by atoms with E-state index in [1.54, 1.807) is 18.3 Å². The maximum Gasteiger partial charge on any atom is 0.320 e. The van der Waals surface area contributed by atoms with Gasteiger partial charge in [0.15, 0.2) is 0 Å². The first-order valence-electron chi connectivity index (χ1n) is 5.76. The van der Waals surface area contributed by atoms with Crippen molar-refractivity contribution in [3.63, 3.8) is 0 Å². The molecule has 1 unspecified atom stereocenters. The molecule has 2 N–H and O–H groups in total. The van der Waals surface area contributed by atoms with Crippen molar-refractivity contribution in [2.75, 3.05) is 0 Å². The van der Waals surface area contributed by atoms with Gasteiger partial charge in [0.05, 0.1) is 0 Å². The number of carbonyl (C=O) groups is 1. The smallest absolute Gasteiger partial charge is 0.320 e. The molecule has 0 saturated heterocycles. The molecule has 18 heavy (non-hydrogen) atoms. The monoisotopic (exact) mass is 261 g/mol. The zero-order valence-electron chi connectivity index (χ0n) is 10.1. The van der Waals surface area contributed by atoms with Crippen molar-refractivity contribution in [3.05, 3.63) is 46.7 Å². The molecular formula is C14H15NO2S. The third-order valence-electron chi connectivity index (χ3n) is 2.71. The summed E-state index contributed by atoms with van der Waals surface area (Å²) in [6, 6.07) is 11.7. The van der Waals surface area contributed by atoms with Gasteiger partial charge in [-0.25, -0.2) is 0 Å². The molecule has 1 heterocycles. The first-order chi connectivity index (χ1) is 8.66. The molecule has 0 saturated carbocycles. The summed E-state index contributed by atoms with van der Waals surface area (Å²) in [5.41, 5.74) is 2.37. The molecule has 0 aliphatic heterocycles. The molecule has 4 heteroatoms. The summed E-state index contributed by atoms with van der Waals surface area (Å²) >= 11 is 1.64. The number of thiophene rings is 1. The Labute approximate surface area is 110 Å². The molecule has 0 spiro atoms. The van der Waals surface area contributed by atoms with Gasteiger partial charge in [-0.2, -0.15) is 0 Å². The standard InChI is InChI=1S/C14H15NO2S/c1-10(14(16)17)15-8-13-7-12(9-18-13)11-5-3-2-4-6-11/h2-7,9-10,15H,8H2,1H3,(H,16,17). The van der Waals surface area contributed by atoms with E-state index in [4.69, 9.17) is 5.11 Å². The molecule has 2 aromatic rings. The largest absolute Gasteiger partial charge is 0.480 e. The van der Waals surface area contributed by atoms with E-state index in [2.05, 4.69) is 28.9 Å². The maximum absolute atomic E-state index is 10.7. The van der Waals surface area contributed by atoms with Crippen LogP contribution in [0.3, 0.4) is 0 Å². The van der Waals surface area contributed by atoms with Gasteiger partial charge in [0.1, 0.15) is 6.04 Å². The summed E-state index contributed by atoms with van der Waals surface area (Å²) in [6.07, 6.45) is 0. The van der Waals surface area contributed by atoms with Crippen molar-refractivity contribution in [1.29, 1.82) is 0 Å². The highest BCUT2D eigenvalue weighted by atomic mass is 32.1. The molecule has 0 aliphatic carbocycles. The van der Waals surface area contributed by atoms with Crippen molar-refractivity contribution < 1.29 is 9.90 Å². The van der Waals surface area contributed by atoms with Gasteiger partial charge in [-0.3, -0.25) is 10.1 Å². The van der Waals surface area contributed by atoms with Crippen LogP contribution in [0.15, 0.2) is 41.8 Å². The van der Waals surface area contributed by atoms with Crippen LogP contribution in [0.1, 0.15) is 11.8 Å². The Morgan fingerprint density at radius 3 is 2.72 bits per heavy atom. The molecule has 0 amide bonds. The SMILES string of the molecule is CC(NCc1cc(-c2ccccc2)cs1)C(=O)O. The fraction of sp³-hybridized carbons (Fsp3) is 0.214. The van der Waals surface area contributed by atoms with Gasteiger partial charge >= 0.3 is 5.97 Å². The third-order valence-corrected chi connectivity index (χ3v) is 3.65. The summed E-state index contributed by atoms with van der Waals surface area (Å²) in [5.74, 6) is -0.824. The van der Waals surface area contributed by atoms with Crippen LogP contribution in [0, 0.1) is 0 Å². The molecule has 0 aliphatic rings.